The zero-order valence-corrected chi connectivity index (χ0v) is 11.4. The Morgan fingerprint density at radius 2 is 2.00 bits per heavy atom. The van der Waals surface area contributed by atoms with Crippen molar-refractivity contribution in [2.24, 2.45) is 0 Å². The molecule has 98 valence electrons. The fraction of sp³-hybridized carbons (Fsp3) is 0.0909. The van der Waals surface area contributed by atoms with Crippen molar-refractivity contribution in [3.8, 4) is 11.6 Å². The van der Waals surface area contributed by atoms with Gasteiger partial charge < -0.3 is 10.1 Å². The van der Waals surface area contributed by atoms with Crippen LogP contribution in [-0.4, -0.2) is 21.9 Å². The lowest BCUT2D eigenvalue weighted by atomic mass is 10.3. The van der Waals surface area contributed by atoms with Gasteiger partial charge in [-0.25, -0.2) is 9.97 Å². The minimum Gasteiger partial charge on any atom is -0.438 e. The van der Waals surface area contributed by atoms with Crippen LogP contribution >= 0.6 is 15.9 Å². The monoisotopic (exact) mass is 324 g/mol. The van der Waals surface area contributed by atoms with E-state index in [2.05, 4.69) is 31.2 Å². The van der Waals surface area contributed by atoms with E-state index in [4.69, 9.17) is 4.74 Å². The van der Waals surface area contributed by atoms with Crippen molar-refractivity contribution < 1.29 is 9.66 Å². The molecule has 1 aromatic heterocycles. The third-order valence-corrected chi connectivity index (χ3v) is 2.97. The Bertz CT molecular complexity index is 603. The molecule has 0 fully saturated rings. The Balaban J connectivity index is 2.24. The lowest BCUT2D eigenvalue weighted by Gasteiger charge is -2.08. The van der Waals surface area contributed by atoms with E-state index in [9.17, 15) is 10.1 Å². The van der Waals surface area contributed by atoms with Gasteiger partial charge in [-0.15, -0.1) is 0 Å². The summed E-state index contributed by atoms with van der Waals surface area (Å²) in [5.74, 6) is 1.37. The van der Waals surface area contributed by atoms with Crippen molar-refractivity contribution in [2.75, 3.05) is 12.4 Å². The standard InChI is InChI=1S/C11H9BrN4O3/c1-13-10-9(12)11(15-6-14-10)19-8-4-2-7(3-5-8)16(17)18/h2-6H,1H3,(H,13,14,15). The molecule has 0 atom stereocenters. The van der Waals surface area contributed by atoms with Gasteiger partial charge in [0, 0.05) is 19.2 Å². The van der Waals surface area contributed by atoms with Crippen molar-refractivity contribution in [1.82, 2.24) is 9.97 Å². The highest BCUT2D eigenvalue weighted by molar-refractivity contribution is 9.10. The SMILES string of the molecule is CNc1ncnc(Oc2ccc([N+](=O)[O-])cc2)c1Br. The predicted octanol–water partition coefficient (Wildman–Crippen LogP) is 2.98. The van der Waals surface area contributed by atoms with Gasteiger partial charge >= 0.3 is 0 Å². The summed E-state index contributed by atoms with van der Waals surface area (Å²) in [6.07, 6.45) is 1.36. The lowest BCUT2D eigenvalue weighted by molar-refractivity contribution is -0.384. The van der Waals surface area contributed by atoms with Crippen molar-refractivity contribution in [2.45, 2.75) is 0 Å². The van der Waals surface area contributed by atoms with Crippen LogP contribution in [0.15, 0.2) is 35.1 Å². The third-order valence-electron chi connectivity index (χ3n) is 2.26. The van der Waals surface area contributed by atoms with Gasteiger partial charge in [0.05, 0.1) is 4.92 Å². The smallest absolute Gasteiger partial charge is 0.269 e. The number of nitrogens with one attached hydrogen (secondary N) is 1. The van der Waals surface area contributed by atoms with E-state index in [-0.39, 0.29) is 5.69 Å². The zero-order valence-electron chi connectivity index (χ0n) is 9.83. The molecule has 2 rings (SSSR count). The third kappa shape index (κ3) is 2.97. The van der Waals surface area contributed by atoms with E-state index in [1.807, 2.05) is 0 Å². The van der Waals surface area contributed by atoms with Gasteiger partial charge in [0.25, 0.3) is 5.69 Å². The number of hydrogen-bond acceptors (Lipinski definition) is 6. The molecule has 2 aromatic rings. The summed E-state index contributed by atoms with van der Waals surface area (Å²) in [6, 6.07) is 5.74. The van der Waals surface area contributed by atoms with Crippen LogP contribution < -0.4 is 10.1 Å². The van der Waals surface area contributed by atoms with Crippen LogP contribution in [0.5, 0.6) is 11.6 Å². The normalized spacial score (nSPS) is 10.0. The fourth-order valence-corrected chi connectivity index (χ4v) is 1.83. The molecule has 1 heterocycles. The molecule has 0 aliphatic heterocycles. The Kier molecular flexibility index (Phi) is 3.91. The maximum absolute atomic E-state index is 10.5. The summed E-state index contributed by atoms with van der Waals surface area (Å²) in [5.41, 5.74) is 0.00465. The molecule has 0 radical (unpaired) electrons. The average Bonchev–Trinajstić information content (AvgIpc) is 2.42. The van der Waals surface area contributed by atoms with Crippen molar-refractivity contribution in [3.05, 3.63) is 45.2 Å². The first-order chi connectivity index (χ1) is 9.11. The molecule has 0 amide bonds. The molecule has 0 bridgehead atoms. The number of non-ortho nitro benzene ring substituents is 1. The van der Waals surface area contributed by atoms with E-state index in [0.717, 1.165) is 0 Å². The second-order valence-electron chi connectivity index (χ2n) is 3.44. The number of anilines is 1. The minimum atomic E-state index is -0.469. The van der Waals surface area contributed by atoms with Crippen LogP contribution in [0.3, 0.4) is 0 Å². The van der Waals surface area contributed by atoms with Crippen LogP contribution in [0.25, 0.3) is 0 Å². The van der Waals surface area contributed by atoms with Crippen molar-refractivity contribution >= 4 is 27.4 Å². The molecule has 19 heavy (non-hydrogen) atoms. The maximum Gasteiger partial charge on any atom is 0.269 e. The second-order valence-corrected chi connectivity index (χ2v) is 4.24. The van der Waals surface area contributed by atoms with Crippen molar-refractivity contribution in [1.29, 1.82) is 0 Å². The van der Waals surface area contributed by atoms with Crippen LogP contribution in [0, 0.1) is 10.1 Å². The van der Waals surface area contributed by atoms with E-state index in [0.29, 0.717) is 21.9 Å². The quantitative estimate of drug-likeness (QED) is 0.686. The number of nitro groups is 1. The minimum absolute atomic E-state index is 0.00465. The number of halogens is 1. The van der Waals surface area contributed by atoms with Gasteiger partial charge in [-0.2, -0.15) is 0 Å². The molecule has 0 unspecified atom stereocenters. The highest BCUT2D eigenvalue weighted by Gasteiger charge is 2.11. The number of aromatic nitrogens is 2. The Hall–Kier alpha value is -2.22. The largest absolute Gasteiger partial charge is 0.438 e. The fourth-order valence-electron chi connectivity index (χ4n) is 1.35. The molecule has 0 aliphatic rings. The summed E-state index contributed by atoms with van der Waals surface area (Å²) in [7, 11) is 1.72. The predicted molar refractivity (Wildman–Crippen MR) is 72.4 cm³/mol. The van der Waals surface area contributed by atoms with Gasteiger partial charge in [-0.05, 0) is 28.1 Å². The van der Waals surface area contributed by atoms with Crippen LogP contribution in [-0.2, 0) is 0 Å². The maximum atomic E-state index is 10.5. The van der Waals surface area contributed by atoms with Crippen LogP contribution in [0.2, 0.25) is 0 Å². The molecule has 0 saturated heterocycles. The summed E-state index contributed by atoms with van der Waals surface area (Å²) in [4.78, 5) is 18.1. The van der Waals surface area contributed by atoms with Crippen LogP contribution in [0.4, 0.5) is 11.5 Å². The van der Waals surface area contributed by atoms with E-state index in [1.54, 1.807) is 7.05 Å². The van der Waals surface area contributed by atoms with E-state index in [1.165, 1.54) is 30.6 Å². The molecule has 7 nitrogen and oxygen atoms in total. The number of benzene rings is 1. The Labute approximate surface area is 116 Å². The molecular formula is C11H9BrN4O3. The van der Waals surface area contributed by atoms with Crippen LogP contribution in [0.1, 0.15) is 0 Å². The molecule has 8 heteroatoms. The average molecular weight is 325 g/mol. The number of rotatable bonds is 4. The molecule has 1 aromatic carbocycles. The number of ether oxygens (including phenoxy) is 1. The summed E-state index contributed by atoms with van der Waals surface area (Å²) in [5, 5.41) is 13.4. The van der Waals surface area contributed by atoms with Gasteiger partial charge in [-0.3, -0.25) is 10.1 Å². The van der Waals surface area contributed by atoms with Gasteiger partial charge in [-0.1, -0.05) is 0 Å². The first kappa shape index (κ1) is 13.2. The number of nitro benzene ring substituents is 1. The van der Waals surface area contributed by atoms with Gasteiger partial charge in [0.2, 0.25) is 5.88 Å². The summed E-state index contributed by atoms with van der Waals surface area (Å²) in [6.45, 7) is 0. The highest BCUT2D eigenvalue weighted by atomic mass is 79.9. The first-order valence-electron chi connectivity index (χ1n) is 5.22. The molecule has 1 N–H and O–H groups in total. The molecule has 0 saturated carbocycles. The van der Waals surface area contributed by atoms with Gasteiger partial charge in [0.15, 0.2) is 0 Å². The molecule has 0 aliphatic carbocycles. The molecule has 0 spiro atoms. The first-order valence-corrected chi connectivity index (χ1v) is 6.01. The lowest BCUT2D eigenvalue weighted by Crippen LogP contribution is -1.97. The molecular weight excluding hydrogens is 316 g/mol. The van der Waals surface area contributed by atoms with E-state index < -0.39 is 4.92 Å². The zero-order chi connectivity index (χ0) is 13.8. The summed E-state index contributed by atoms with van der Waals surface area (Å²) >= 11 is 3.32. The Morgan fingerprint density at radius 1 is 1.32 bits per heavy atom. The van der Waals surface area contributed by atoms with E-state index >= 15 is 0 Å². The Morgan fingerprint density at radius 3 is 2.58 bits per heavy atom. The summed E-state index contributed by atoms with van der Waals surface area (Å²) < 4.78 is 6.11. The highest BCUT2D eigenvalue weighted by Crippen LogP contribution is 2.32. The van der Waals surface area contributed by atoms with Gasteiger partial charge in [0.1, 0.15) is 22.4 Å². The van der Waals surface area contributed by atoms with Crippen molar-refractivity contribution in [3.63, 3.8) is 0 Å². The number of hydrogen-bond donors (Lipinski definition) is 1. The second kappa shape index (κ2) is 5.61. The number of nitrogens with zero attached hydrogens (tertiary/aromatic N) is 3. The topological polar surface area (TPSA) is 90.2 Å².